The highest BCUT2D eigenvalue weighted by atomic mass is 15.1. The minimum atomic E-state index is -0.0583. The van der Waals surface area contributed by atoms with E-state index in [-0.39, 0.29) is 5.41 Å². The molecular weight excluding hydrogens is 699 g/mol. The summed E-state index contributed by atoms with van der Waals surface area (Å²) in [6.07, 6.45) is 0. The van der Waals surface area contributed by atoms with Crippen molar-refractivity contribution >= 4 is 17.1 Å². The summed E-state index contributed by atoms with van der Waals surface area (Å²) in [6, 6.07) is 81.7. The third kappa shape index (κ3) is 6.32. The Hall–Kier alpha value is -7.22. The molecule has 0 heterocycles. The Morgan fingerprint density at radius 3 is 1.38 bits per heavy atom. The zero-order valence-corrected chi connectivity index (χ0v) is 32.8. The van der Waals surface area contributed by atoms with Gasteiger partial charge in [-0.2, -0.15) is 0 Å². The van der Waals surface area contributed by atoms with Crippen LogP contribution in [-0.2, 0) is 5.41 Å². The summed E-state index contributed by atoms with van der Waals surface area (Å²) in [5, 5.41) is 0. The Bertz CT molecular complexity index is 2870. The maximum Gasteiger partial charge on any atom is 0.0467 e. The maximum atomic E-state index is 2.38. The lowest BCUT2D eigenvalue weighted by atomic mass is 9.81. The summed E-state index contributed by atoms with van der Waals surface area (Å²) in [4.78, 5) is 2.36. The quantitative estimate of drug-likeness (QED) is 0.150. The van der Waals surface area contributed by atoms with E-state index < -0.39 is 0 Å². The van der Waals surface area contributed by atoms with Crippen molar-refractivity contribution in [3.63, 3.8) is 0 Å². The molecule has 0 radical (unpaired) electrons. The van der Waals surface area contributed by atoms with Gasteiger partial charge in [-0.25, -0.2) is 0 Å². The van der Waals surface area contributed by atoms with Crippen LogP contribution in [0.5, 0.6) is 0 Å². The smallest absolute Gasteiger partial charge is 0.0467 e. The summed E-state index contributed by atoms with van der Waals surface area (Å²) >= 11 is 0. The molecule has 0 aliphatic heterocycles. The van der Waals surface area contributed by atoms with Crippen LogP contribution in [-0.4, -0.2) is 0 Å². The molecule has 1 aliphatic carbocycles. The fourth-order valence-corrected chi connectivity index (χ4v) is 8.93. The highest BCUT2D eigenvalue weighted by molar-refractivity contribution is 5.98. The molecule has 58 heavy (non-hydrogen) atoms. The zero-order chi connectivity index (χ0) is 39.1. The van der Waals surface area contributed by atoms with E-state index in [1.807, 2.05) is 0 Å². The summed E-state index contributed by atoms with van der Waals surface area (Å²) < 4.78 is 0. The molecule has 276 valence electrons. The van der Waals surface area contributed by atoms with Gasteiger partial charge in [-0.3, -0.25) is 0 Å². The topological polar surface area (TPSA) is 3.24 Å². The van der Waals surface area contributed by atoms with Gasteiger partial charge < -0.3 is 4.90 Å². The van der Waals surface area contributed by atoms with E-state index >= 15 is 0 Å². The lowest BCUT2D eigenvalue weighted by Gasteiger charge is -2.26. The highest BCUT2D eigenvalue weighted by Gasteiger charge is 2.36. The van der Waals surface area contributed by atoms with Crippen LogP contribution in [0.4, 0.5) is 17.1 Å². The fourth-order valence-electron chi connectivity index (χ4n) is 8.93. The Labute approximate surface area is 342 Å². The van der Waals surface area contributed by atoms with Crippen LogP contribution in [0.1, 0.15) is 25.0 Å². The second-order valence-electron chi connectivity index (χ2n) is 15.7. The molecular formula is C57H43N. The molecule has 1 nitrogen and oxygen atoms in total. The first-order chi connectivity index (χ1) is 28.5. The van der Waals surface area contributed by atoms with Crippen molar-refractivity contribution in [2.45, 2.75) is 19.3 Å². The molecule has 10 rings (SSSR count). The predicted molar refractivity (Wildman–Crippen MR) is 246 cm³/mol. The van der Waals surface area contributed by atoms with Gasteiger partial charge in [0.05, 0.1) is 0 Å². The molecule has 0 spiro atoms. The van der Waals surface area contributed by atoms with Gasteiger partial charge in [0.15, 0.2) is 0 Å². The average Bonchev–Trinajstić information content (AvgIpc) is 3.54. The molecule has 0 amide bonds. The number of anilines is 3. The predicted octanol–water partition coefficient (Wildman–Crippen LogP) is 15.8. The average molecular weight is 742 g/mol. The number of hydrogen-bond acceptors (Lipinski definition) is 1. The molecule has 0 atom stereocenters. The van der Waals surface area contributed by atoms with Crippen LogP contribution < -0.4 is 4.90 Å². The molecule has 1 heteroatoms. The lowest BCUT2D eigenvalue weighted by Crippen LogP contribution is -2.14. The van der Waals surface area contributed by atoms with Gasteiger partial charge in [0.25, 0.3) is 0 Å². The van der Waals surface area contributed by atoms with E-state index in [1.54, 1.807) is 0 Å². The van der Waals surface area contributed by atoms with Crippen molar-refractivity contribution in [3.05, 3.63) is 236 Å². The van der Waals surface area contributed by atoms with Crippen molar-refractivity contribution in [3.8, 4) is 66.8 Å². The summed E-state index contributed by atoms with van der Waals surface area (Å²) in [6.45, 7) is 4.71. The van der Waals surface area contributed by atoms with Crippen LogP contribution >= 0.6 is 0 Å². The third-order valence-corrected chi connectivity index (χ3v) is 11.9. The number of rotatable bonds is 8. The van der Waals surface area contributed by atoms with Gasteiger partial charge in [-0.05, 0) is 120 Å². The van der Waals surface area contributed by atoms with Crippen molar-refractivity contribution in [1.82, 2.24) is 0 Å². The minimum Gasteiger partial charge on any atom is -0.310 e. The van der Waals surface area contributed by atoms with E-state index in [2.05, 4.69) is 243 Å². The van der Waals surface area contributed by atoms with Gasteiger partial charge in [0, 0.05) is 22.5 Å². The van der Waals surface area contributed by atoms with E-state index in [0.717, 1.165) is 17.1 Å². The standard InChI is InChI=1S/C57H43N/c1-57(2)54-26-13-12-24-52(54)56-51(25-15-27-55(56)57)50-37-32-46(39-53(50)44-20-10-5-11-21-44)43-30-35-48(36-31-43)58(47-33-28-42(29-34-47)40-16-6-3-7-17-40)49-23-14-22-45(38-49)41-18-8-4-9-19-41/h3-39H,1-2H3. The summed E-state index contributed by atoms with van der Waals surface area (Å²) in [7, 11) is 0. The molecule has 9 aromatic carbocycles. The van der Waals surface area contributed by atoms with E-state index in [4.69, 9.17) is 0 Å². The maximum absolute atomic E-state index is 2.38. The van der Waals surface area contributed by atoms with E-state index in [1.165, 1.54) is 77.9 Å². The first-order valence-electron chi connectivity index (χ1n) is 20.2. The van der Waals surface area contributed by atoms with E-state index in [0.29, 0.717) is 0 Å². The number of benzene rings is 9. The van der Waals surface area contributed by atoms with Gasteiger partial charge in [-0.1, -0.05) is 196 Å². The van der Waals surface area contributed by atoms with Crippen molar-refractivity contribution in [2.24, 2.45) is 0 Å². The van der Waals surface area contributed by atoms with Crippen molar-refractivity contribution < 1.29 is 0 Å². The molecule has 9 aromatic rings. The number of hydrogen-bond donors (Lipinski definition) is 0. The van der Waals surface area contributed by atoms with Crippen LogP contribution in [0.3, 0.4) is 0 Å². The van der Waals surface area contributed by atoms with Gasteiger partial charge >= 0.3 is 0 Å². The molecule has 0 fully saturated rings. The highest BCUT2D eigenvalue weighted by Crippen LogP contribution is 2.53. The molecule has 0 bridgehead atoms. The van der Waals surface area contributed by atoms with Crippen LogP contribution in [0, 0.1) is 0 Å². The molecule has 0 unspecified atom stereocenters. The van der Waals surface area contributed by atoms with Crippen LogP contribution in [0.15, 0.2) is 224 Å². The molecule has 0 saturated heterocycles. The van der Waals surface area contributed by atoms with Crippen molar-refractivity contribution in [2.75, 3.05) is 4.90 Å². The zero-order valence-electron chi connectivity index (χ0n) is 32.8. The third-order valence-electron chi connectivity index (χ3n) is 11.9. The summed E-state index contributed by atoms with van der Waals surface area (Å²) in [5.74, 6) is 0. The Balaban J connectivity index is 1.06. The molecule has 0 saturated carbocycles. The van der Waals surface area contributed by atoms with Crippen LogP contribution in [0.25, 0.3) is 66.8 Å². The SMILES string of the molecule is CC1(C)c2ccccc2-c2c(-c3ccc(-c4ccc(N(c5ccc(-c6ccccc6)cc5)c5cccc(-c6ccccc6)c5)cc4)cc3-c3ccccc3)cccc21. The van der Waals surface area contributed by atoms with Gasteiger partial charge in [0.2, 0.25) is 0 Å². The number of fused-ring (bicyclic) bond motifs is 3. The first kappa shape index (κ1) is 35.2. The number of nitrogens with zero attached hydrogens (tertiary/aromatic N) is 1. The van der Waals surface area contributed by atoms with Gasteiger partial charge in [-0.15, -0.1) is 0 Å². The van der Waals surface area contributed by atoms with Crippen molar-refractivity contribution in [1.29, 1.82) is 0 Å². The second-order valence-corrected chi connectivity index (χ2v) is 15.7. The van der Waals surface area contributed by atoms with E-state index in [9.17, 15) is 0 Å². The lowest BCUT2D eigenvalue weighted by molar-refractivity contribution is 0.660. The minimum absolute atomic E-state index is 0.0583. The largest absolute Gasteiger partial charge is 0.310 e. The fraction of sp³-hybridized carbons (Fsp3) is 0.0526. The second kappa shape index (κ2) is 14.7. The summed E-state index contributed by atoms with van der Waals surface area (Å²) in [5.41, 5.74) is 20.9. The van der Waals surface area contributed by atoms with Crippen LogP contribution in [0.2, 0.25) is 0 Å². The Morgan fingerprint density at radius 2 is 0.724 bits per heavy atom. The molecule has 1 aliphatic rings. The normalized spacial score (nSPS) is 12.4. The Kier molecular flexibility index (Phi) is 8.92. The monoisotopic (exact) mass is 741 g/mol. The first-order valence-corrected chi connectivity index (χ1v) is 20.2. The Morgan fingerprint density at radius 1 is 0.276 bits per heavy atom. The molecule has 0 aromatic heterocycles. The molecule has 0 N–H and O–H groups in total. The van der Waals surface area contributed by atoms with Gasteiger partial charge in [0.1, 0.15) is 0 Å².